The molecule has 2 aromatic rings. The highest BCUT2D eigenvalue weighted by Gasteiger charge is 2.32. The smallest absolute Gasteiger partial charge is 0.232 e. The van der Waals surface area contributed by atoms with E-state index in [1.807, 2.05) is 14.1 Å². The minimum absolute atomic E-state index is 0.122. The molecule has 0 aromatic heterocycles. The molecule has 24 heavy (non-hydrogen) atoms. The predicted octanol–water partition coefficient (Wildman–Crippen LogP) is 1.47. The summed E-state index contributed by atoms with van der Waals surface area (Å²) in [5.41, 5.74) is 2.22. The molecule has 0 aliphatic carbocycles. The Balaban J connectivity index is 2.06. The van der Waals surface area contributed by atoms with Crippen molar-refractivity contribution in [1.82, 2.24) is 0 Å². The van der Waals surface area contributed by atoms with Crippen molar-refractivity contribution >= 4 is 11.9 Å². The number of allylic oxidation sites excluding steroid dienone is 1. The van der Waals surface area contributed by atoms with E-state index in [0.29, 0.717) is 34.5 Å². The zero-order valence-corrected chi connectivity index (χ0v) is 13.8. The van der Waals surface area contributed by atoms with Crippen molar-refractivity contribution in [2.24, 2.45) is 0 Å². The Labute approximate surface area is 139 Å². The number of quaternary nitrogens is 1. The number of Topliss-reactive ketones (excluding diaryl/α,β-unsaturated/α-hetero) is 1. The maximum Gasteiger partial charge on any atom is 0.232 e. The summed E-state index contributed by atoms with van der Waals surface area (Å²) < 4.78 is 18.8. The van der Waals surface area contributed by atoms with Crippen molar-refractivity contribution in [3.05, 3.63) is 64.2 Å². The summed E-state index contributed by atoms with van der Waals surface area (Å²) in [6.45, 7) is 2.20. The van der Waals surface area contributed by atoms with Gasteiger partial charge < -0.3 is 14.7 Å². The predicted molar refractivity (Wildman–Crippen MR) is 86.5 cm³/mol. The summed E-state index contributed by atoms with van der Waals surface area (Å²) in [7, 11) is 3.86. The highest BCUT2D eigenvalue weighted by atomic mass is 19.1. The Morgan fingerprint density at radius 3 is 2.54 bits per heavy atom. The molecule has 2 aromatic carbocycles. The van der Waals surface area contributed by atoms with Gasteiger partial charge in [0.15, 0.2) is 5.76 Å². The normalized spacial score (nSPS) is 15.0. The van der Waals surface area contributed by atoms with Crippen molar-refractivity contribution in [2.75, 3.05) is 14.1 Å². The van der Waals surface area contributed by atoms with Gasteiger partial charge in [-0.1, -0.05) is 23.9 Å². The molecule has 0 bridgehead atoms. The Kier molecular flexibility index (Phi) is 4.11. The van der Waals surface area contributed by atoms with Crippen LogP contribution in [0.25, 0.3) is 6.08 Å². The summed E-state index contributed by atoms with van der Waals surface area (Å²) in [5, 5.41) is 12.3. The Morgan fingerprint density at radius 1 is 1.25 bits per heavy atom. The lowest BCUT2D eigenvalue weighted by molar-refractivity contribution is -0.872. The number of benzene rings is 2. The highest BCUT2D eigenvalue weighted by Crippen LogP contribution is 2.40. The monoisotopic (exact) mass is 327 g/mol. The number of nitrogens with one attached hydrogen (secondary N) is 1. The second kappa shape index (κ2) is 6.09. The number of ether oxygens (including phenoxy) is 1. The summed E-state index contributed by atoms with van der Waals surface area (Å²) in [4.78, 5) is 13.7. The topological polar surface area (TPSA) is 53.8 Å². The van der Waals surface area contributed by atoms with Crippen molar-refractivity contribution in [3.63, 3.8) is 0 Å². The fraction of sp³-hybridized carbons (Fsp3) is 0.211. The van der Waals surface area contributed by atoms with Crippen molar-refractivity contribution in [2.45, 2.75) is 13.5 Å². The van der Waals surface area contributed by atoms with E-state index in [-0.39, 0.29) is 23.1 Å². The first kappa shape index (κ1) is 16.2. The first-order valence-corrected chi connectivity index (χ1v) is 7.69. The third-order valence-electron chi connectivity index (χ3n) is 3.90. The maximum absolute atomic E-state index is 13.0. The van der Waals surface area contributed by atoms with Gasteiger partial charge in [-0.15, -0.1) is 0 Å². The molecule has 3 rings (SSSR count). The van der Waals surface area contributed by atoms with Crippen LogP contribution in [0.2, 0.25) is 0 Å². The van der Waals surface area contributed by atoms with Crippen molar-refractivity contribution < 1.29 is 23.9 Å². The number of carbonyl (C=O) groups excluding carboxylic acids is 1. The van der Waals surface area contributed by atoms with Crippen LogP contribution in [0.5, 0.6) is 11.5 Å². The quantitative estimate of drug-likeness (QED) is 0.869. The van der Waals surface area contributed by atoms with Crippen LogP contribution in [0.3, 0.4) is 0 Å². The van der Waals surface area contributed by atoms with Crippen LogP contribution in [0.15, 0.2) is 36.1 Å². The first-order chi connectivity index (χ1) is 11.4. The Morgan fingerprint density at radius 2 is 1.92 bits per heavy atom. The number of aryl methyl sites for hydroxylation is 1. The van der Waals surface area contributed by atoms with Crippen molar-refractivity contribution in [1.29, 1.82) is 0 Å². The van der Waals surface area contributed by atoms with Gasteiger partial charge >= 0.3 is 0 Å². The molecule has 4 nitrogen and oxygen atoms in total. The number of carbonyl (C=O) groups is 1. The molecular formula is C19H18FNO3. The molecule has 0 amide bonds. The minimum Gasteiger partial charge on any atom is -0.872 e. The number of rotatable bonds is 3. The first-order valence-electron chi connectivity index (χ1n) is 7.69. The van der Waals surface area contributed by atoms with Gasteiger partial charge in [-0.2, -0.15) is 0 Å². The number of hydrogen-bond donors (Lipinski definition) is 1. The number of ketones is 1. The molecule has 0 radical (unpaired) electrons. The van der Waals surface area contributed by atoms with Gasteiger partial charge in [0.05, 0.1) is 19.7 Å². The molecule has 0 saturated carbocycles. The van der Waals surface area contributed by atoms with Gasteiger partial charge in [-0.25, -0.2) is 4.39 Å². The third-order valence-corrected chi connectivity index (χ3v) is 3.90. The summed E-state index contributed by atoms with van der Waals surface area (Å²) in [5.74, 6) is -0.202. The summed E-state index contributed by atoms with van der Waals surface area (Å²) in [6, 6.07) is 7.26. The largest absolute Gasteiger partial charge is 0.872 e. The second-order valence-corrected chi connectivity index (χ2v) is 6.25. The van der Waals surface area contributed by atoms with E-state index in [4.69, 9.17) is 4.74 Å². The van der Waals surface area contributed by atoms with E-state index in [0.717, 1.165) is 4.90 Å². The molecule has 5 heteroatoms. The van der Waals surface area contributed by atoms with Gasteiger partial charge in [0.25, 0.3) is 0 Å². The van der Waals surface area contributed by atoms with Crippen LogP contribution in [-0.2, 0) is 6.54 Å². The number of halogens is 1. The van der Waals surface area contributed by atoms with Crippen LogP contribution in [0, 0.1) is 12.7 Å². The van der Waals surface area contributed by atoms with E-state index in [2.05, 4.69) is 0 Å². The maximum atomic E-state index is 13.0. The summed E-state index contributed by atoms with van der Waals surface area (Å²) >= 11 is 0. The van der Waals surface area contributed by atoms with Gasteiger partial charge in [0, 0.05) is 5.56 Å². The molecule has 0 spiro atoms. The Bertz CT molecular complexity index is 839. The molecule has 1 heterocycles. The van der Waals surface area contributed by atoms with Crippen LogP contribution in [0.4, 0.5) is 4.39 Å². The SMILES string of the molecule is Cc1cc([O-])c(C[NH+](C)C)c2c1C(=O)C(=Cc1ccc(F)cc1)O2. The lowest BCUT2D eigenvalue weighted by Crippen LogP contribution is -3.04. The van der Waals surface area contributed by atoms with Crippen LogP contribution >= 0.6 is 0 Å². The highest BCUT2D eigenvalue weighted by molar-refractivity contribution is 6.15. The number of fused-ring (bicyclic) bond motifs is 1. The van der Waals surface area contributed by atoms with E-state index in [9.17, 15) is 14.3 Å². The summed E-state index contributed by atoms with van der Waals surface area (Å²) in [6.07, 6.45) is 1.57. The molecule has 1 N–H and O–H groups in total. The molecule has 0 unspecified atom stereocenters. The van der Waals surface area contributed by atoms with Crippen LogP contribution in [-0.4, -0.2) is 19.9 Å². The fourth-order valence-electron chi connectivity index (χ4n) is 2.80. The van der Waals surface area contributed by atoms with E-state index >= 15 is 0 Å². The van der Waals surface area contributed by atoms with Crippen LogP contribution < -0.4 is 14.7 Å². The van der Waals surface area contributed by atoms with E-state index < -0.39 is 0 Å². The van der Waals surface area contributed by atoms with Gasteiger partial charge in [-0.3, -0.25) is 4.79 Å². The lowest BCUT2D eigenvalue weighted by Gasteiger charge is -2.19. The average Bonchev–Trinajstić information content (AvgIpc) is 2.83. The van der Waals surface area contributed by atoms with Gasteiger partial charge in [0.1, 0.15) is 18.1 Å². The third kappa shape index (κ3) is 2.90. The number of hydrogen-bond acceptors (Lipinski definition) is 3. The zero-order chi connectivity index (χ0) is 17.4. The molecule has 0 saturated heterocycles. The van der Waals surface area contributed by atoms with Gasteiger partial charge in [0.2, 0.25) is 5.78 Å². The van der Waals surface area contributed by atoms with E-state index in [1.165, 1.54) is 18.2 Å². The average molecular weight is 327 g/mol. The van der Waals surface area contributed by atoms with Gasteiger partial charge in [-0.05, 0) is 36.3 Å². The molecule has 1 aliphatic heterocycles. The lowest BCUT2D eigenvalue weighted by atomic mass is 9.99. The molecule has 124 valence electrons. The molecular weight excluding hydrogens is 309 g/mol. The minimum atomic E-state index is -0.345. The molecule has 0 fully saturated rings. The zero-order valence-electron chi connectivity index (χ0n) is 13.8. The molecule has 0 atom stereocenters. The standard InChI is InChI=1S/C19H18FNO3/c1-11-8-15(22)14(10-21(2)3)19-17(11)18(23)16(24-19)9-12-4-6-13(20)7-5-12/h4-9,22H,10H2,1-3H3. The van der Waals surface area contributed by atoms with E-state index in [1.54, 1.807) is 25.1 Å². The molecule has 1 aliphatic rings. The second-order valence-electron chi connectivity index (χ2n) is 6.25. The van der Waals surface area contributed by atoms with Crippen LogP contribution in [0.1, 0.15) is 27.0 Å². The van der Waals surface area contributed by atoms with Crippen molar-refractivity contribution in [3.8, 4) is 11.5 Å². The Hall–Kier alpha value is -2.66. The fourth-order valence-corrected chi connectivity index (χ4v) is 2.80.